The van der Waals surface area contributed by atoms with Crippen molar-refractivity contribution in [3.05, 3.63) is 33.7 Å². The summed E-state index contributed by atoms with van der Waals surface area (Å²) in [7, 11) is 0. The molecule has 5 nitrogen and oxygen atoms in total. The maximum absolute atomic E-state index is 11.9. The Kier molecular flexibility index (Phi) is 4.37. The topological polar surface area (TPSA) is 82.2 Å². The van der Waals surface area contributed by atoms with Crippen molar-refractivity contribution in [3.8, 4) is 0 Å². The molecule has 0 spiro atoms. The summed E-state index contributed by atoms with van der Waals surface area (Å²) in [6.07, 6.45) is 3.25. The Balaban J connectivity index is 1.89. The quantitative estimate of drug-likeness (QED) is 0.760. The van der Waals surface area contributed by atoms with Crippen LogP contribution >= 0.6 is 0 Å². The molecule has 0 atom stereocenters. The first kappa shape index (κ1) is 13.8. The normalized spacial score (nSPS) is 23.1. The van der Waals surface area contributed by atoms with Gasteiger partial charge in [-0.2, -0.15) is 0 Å². The second-order valence-electron chi connectivity index (χ2n) is 5.27. The number of rotatable bonds is 3. The molecule has 1 aromatic rings. The minimum Gasteiger partial charge on any atom is -0.393 e. The summed E-state index contributed by atoms with van der Waals surface area (Å²) in [6.45, 7) is 2.34. The van der Waals surface area contributed by atoms with Crippen molar-refractivity contribution in [2.45, 2.75) is 38.7 Å². The molecule has 0 aromatic carbocycles. The van der Waals surface area contributed by atoms with Gasteiger partial charge in [-0.05, 0) is 50.7 Å². The first-order valence-electron chi connectivity index (χ1n) is 6.72. The van der Waals surface area contributed by atoms with Crippen LogP contribution in [0.2, 0.25) is 0 Å². The molecule has 1 aromatic heterocycles. The van der Waals surface area contributed by atoms with Crippen molar-refractivity contribution in [3.63, 3.8) is 0 Å². The lowest BCUT2D eigenvalue weighted by atomic mass is 9.87. The molecule has 1 amide bonds. The first-order chi connectivity index (χ1) is 9.06. The van der Waals surface area contributed by atoms with E-state index in [9.17, 15) is 14.7 Å². The lowest BCUT2D eigenvalue weighted by molar-refractivity contribution is 0.0909. The minimum absolute atomic E-state index is 0.154. The molecule has 0 unspecified atom stereocenters. The zero-order chi connectivity index (χ0) is 13.8. The number of carbonyl (C=O) groups is 1. The summed E-state index contributed by atoms with van der Waals surface area (Å²) in [5.74, 6) is 0.0734. The fourth-order valence-corrected chi connectivity index (χ4v) is 2.43. The second-order valence-corrected chi connectivity index (χ2v) is 5.27. The summed E-state index contributed by atoms with van der Waals surface area (Å²) in [5.41, 5.74) is 0.542. The molecule has 1 saturated carbocycles. The number of amides is 1. The third-order valence-corrected chi connectivity index (χ3v) is 3.67. The Bertz CT molecular complexity index is 502. The third-order valence-electron chi connectivity index (χ3n) is 3.67. The van der Waals surface area contributed by atoms with Gasteiger partial charge in [0.2, 0.25) is 0 Å². The zero-order valence-corrected chi connectivity index (χ0v) is 11.1. The van der Waals surface area contributed by atoms with E-state index >= 15 is 0 Å². The van der Waals surface area contributed by atoms with E-state index in [1.807, 2.05) is 0 Å². The van der Waals surface area contributed by atoms with E-state index in [2.05, 4.69) is 10.3 Å². The number of aliphatic hydroxyl groups is 1. The van der Waals surface area contributed by atoms with Gasteiger partial charge in [0.15, 0.2) is 0 Å². The Hall–Kier alpha value is -1.62. The Morgan fingerprint density at radius 1 is 1.37 bits per heavy atom. The maximum atomic E-state index is 11.9. The molecule has 1 fully saturated rings. The van der Waals surface area contributed by atoms with Crippen LogP contribution in [0.25, 0.3) is 0 Å². The van der Waals surface area contributed by atoms with Crippen molar-refractivity contribution in [2.75, 3.05) is 6.54 Å². The number of aryl methyl sites for hydroxylation is 1. The highest BCUT2D eigenvalue weighted by atomic mass is 16.3. The van der Waals surface area contributed by atoms with Crippen LogP contribution in [0.5, 0.6) is 0 Å². The molecule has 1 aliphatic rings. The number of aromatic nitrogens is 1. The summed E-state index contributed by atoms with van der Waals surface area (Å²) in [6, 6.07) is 3.27. The molecule has 1 heterocycles. The van der Waals surface area contributed by atoms with Gasteiger partial charge in [0.05, 0.1) is 6.10 Å². The summed E-state index contributed by atoms with van der Waals surface area (Å²) in [4.78, 5) is 26.1. The van der Waals surface area contributed by atoms with E-state index in [0.717, 1.165) is 31.4 Å². The minimum atomic E-state index is -0.350. The van der Waals surface area contributed by atoms with Crippen molar-refractivity contribution >= 4 is 5.91 Å². The molecule has 0 saturated heterocycles. The van der Waals surface area contributed by atoms with Crippen molar-refractivity contribution in [1.29, 1.82) is 0 Å². The molecule has 3 N–H and O–H groups in total. The lowest BCUT2D eigenvalue weighted by Crippen LogP contribution is -2.34. The van der Waals surface area contributed by atoms with Crippen LogP contribution in [0, 0.1) is 12.8 Å². The molecule has 0 radical (unpaired) electrons. The predicted octanol–water partition coefficient (Wildman–Crippen LogP) is 0.964. The lowest BCUT2D eigenvalue weighted by Gasteiger charge is -2.25. The molecule has 1 aliphatic carbocycles. The van der Waals surface area contributed by atoms with Gasteiger partial charge in [-0.25, -0.2) is 0 Å². The van der Waals surface area contributed by atoms with Crippen LogP contribution in [0.15, 0.2) is 16.9 Å². The summed E-state index contributed by atoms with van der Waals surface area (Å²) in [5, 5.41) is 12.2. The number of H-pyrrole nitrogens is 1. The van der Waals surface area contributed by atoms with Gasteiger partial charge < -0.3 is 15.4 Å². The molecule has 2 rings (SSSR count). The van der Waals surface area contributed by atoms with E-state index in [4.69, 9.17) is 0 Å². The molecule has 0 aliphatic heterocycles. The van der Waals surface area contributed by atoms with Crippen molar-refractivity contribution in [1.82, 2.24) is 10.3 Å². The number of pyridine rings is 1. The Labute approximate surface area is 112 Å². The van der Waals surface area contributed by atoms with Gasteiger partial charge in [0, 0.05) is 12.2 Å². The van der Waals surface area contributed by atoms with Crippen LogP contribution < -0.4 is 10.9 Å². The van der Waals surface area contributed by atoms with Crippen LogP contribution in [0.1, 0.15) is 41.7 Å². The van der Waals surface area contributed by atoms with E-state index < -0.39 is 0 Å². The summed E-state index contributed by atoms with van der Waals surface area (Å²) >= 11 is 0. The fourth-order valence-electron chi connectivity index (χ4n) is 2.43. The average Bonchev–Trinajstić information content (AvgIpc) is 2.37. The molecule has 5 heteroatoms. The number of nitrogens with one attached hydrogen (secondary N) is 2. The van der Waals surface area contributed by atoms with Gasteiger partial charge in [-0.1, -0.05) is 0 Å². The highest BCUT2D eigenvalue weighted by Crippen LogP contribution is 2.23. The fraction of sp³-hybridized carbons (Fsp3) is 0.571. The van der Waals surface area contributed by atoms with Crippen LogP contribution in [-0.4, -0.2) is 28.6 Å². The third kappa shape index (κ3) is 3.67. The molecular formula is C14H20N2O3. The van der Waals surface area contributed by atoms with Gasteiger partial charge in [-0.3, -0.25) is 9.59 Å². The SMILES string of the molecule is Cc1ccc(C(=O)NCC2CCC(O)CC2)c(=O)[nH]1. The highest BCUT2D eigenvalue weighted by molar-refractivity contribution is 5.93. The average molecular weight is 264 g/mol. The van der Waals surface area contributed by atoms with Gasteiger partial charge in [0.1, 0.15) is 5.56 Å². The molecule has 104 valence electrons. The molecular weight excluding hydrogens is 244 g/mol. The summed E-state index contributed by atoms with van der Waals surface area (Å²) < 4.78 is 0. The molecule has 0 bridgehead atoms. The number of hydrogen-bond acceptors (Lipinski definition) is 3. The van der Waals surface area contributed by atoms with Gasteiger partial charge in [-0.15, -0.1) is 0 Å². The number of aromatic amines is 1. The largest absolute Gasteiger partial charge is 0.393 e. The number of aliphatic hydroxyl groups excluding tert-OH is 1. The monoisotopic (exact) mass is 264 g/mol. The van der Waals surface area contributed by atoms with Crippen LogP contribution in [0.4, 0.5) is 0 Å². The van der Waals surface area contributed by atoms with E-state index in [-0.39, 0.29) is 23.1 Å². The molecule has 19 heavy (non-hydrogen) atoms. The Morgan fingerprint density at radius 2 is 2.05 bits per heavy atom. The van der Waals surface area contributed by atoms with E-state index in [0.29, 0.717) is 12.5 Å². The van der Waals surface area contributed by atoms with Crippen molar-refractivity contribution < 1.29 is 9.90 Å². The van der Waals surface area contributed by atoms with Crippen LogP contribution in [-0.2, 0) is 0 Å². The predicted molar refractivity (Wildman–Crippen MR) is 72.1 cm³/mol. The second kappa shape index (κ2) is 6.02. The van der Waals surface area contributed by atoms with Crippen LogP contribution in [0.3, 0.4) is 0 Å². The Morgan fingerprint density at radius 3 is 2.68 bits per heavy atom. The first-order valence-corrected chi connectivity index (χ1v) is 6.72. The van der Waals surface area contributed by atoms with Gasteiger partial charge >= 0.3 is 0 Å². The highest BCUT2D eigenvalue weighted by Gasteiger charge is 2.20. The van der Waals surface area contributed by atoms with Gasteiger partial charge in [0.25, 0.3) is 11.5 Å². The maximum Gasteiger partial charge on any atom is 0.260 e. The number of hydrogen-bond donors (Lipinski definition) is 3. The van der Waals surface area contributed by atoms with E-state index in [1.165, 1.54) is 0 Å². The smallest absolute Gasteiger partial charge is 0.260 e. The standard InChI is InChI=1S/C14H20N2O3/c1-9-2-7-12(14(19)16-9)13(18)15-8-10-3-5-11(17)6-4-10/h2,7,10-11,17H,3-6,8H2,1H3,(H,15,18)(H,16,19). The van der Waals surface area contributed by atoms with Crippen molar-refractivity contribution in [2.24, 2.45) is 5.92 Å². The zero-order valence-electron chi connectivity index (χ0n) is 11.1. The van der Waals surface area contributed by atoms with E-state index in [1.54, 1.807) is 19.1 Å². The number of carbonyl (C=O) groups excluding carboxylic acids is 1.